The van der Waals surface area contributed by atoms with Gasteiger partial charge in [0.1, 0.15) is 9.84 Å². The first kappa shape index (κ1) is 23.2. The third kappa shape index (κ3) is 16.2. The molecule has 0 aromatic heterocycles. The quantitative estimate of drug-likeness (QED) is 0.254. The first-order valence-electron chi connectivity index (χ1n) is 7.47. The second-order valence-corrected chi connectivity index (χ2v) is 8.02. The molecular weight excluding hydrogens is 401 g/mol. The number of nitrogens with one attached hydrogen (secondary N) is 2. The average Bonchev–Trinajstić information content (AvgIpc) is 2.31. The molecule has 0 fully saturated rings. The fourth-order valence-corrected chi connectivity index (χ4v) is 2.38. The smallest absolute Gasteiger partial charge is 0.191 e. The summed E-state index contributed by atoms with van der Waals surface area (Å²) in [7, 11) is -2.89. The number of rotatable bonds is 9. The van der Waals surface area contributed by atoms with Gasteiger partial charge in [-0.15, -0.1) is 24.0 Å². The van der Waals surface area contributed by atoms with Crippen molar-refractivity contribution in [3.8, 4) is 0 Å². The van der Waals surface area contributed by atoms with Crippen LogP contribution in [0.15, 0.2) is 4.99 Å². The highest BCUT2D eigenvalue weighted by atomic mass is 127. The first-order valence-corrected chi connectivity index (χ1v) is 9.53. The van der Waals surface area contributed by atoms with Crippen molar-refractivity contribution in [3.63, 3.8) is 0 Å². The Morgan fingerprint density at radius 2 is 1.81 bits per heavy atom. The topological polar surface area (TPSA) is 70.6 Å². The minimum absolute atomic E-state index is 0. The molecule has 0 aliphatic rings. The van der Waals surface area contributed by atoms with Gasteiger partial charge in [-0.1, -0.05) is 13.8 Å². The lowest BCUT2D eigenvalue weighted by Gasteiger charge is -2.18. The van der Waals surface area contributed by atoms with Crippen molar-refractivity contribution in [2.45, 2.75) is 53.0 Å². The van der Waals surface area contributed by atoms with E-state index in [1.54, 1.807) is 0 Å². The summed E-state index contributed by atoms with van der Waals surface area (Å²) < 4.78 is 22.1. The zero-order valence-electron chi connectivity index (χ0n) is 14.0. The van der Waals surface area contributed by atoms with E-state index in [0.717, 1.165) is 18.9 Å². The molecule has 0 aliphatic carbocycles. The van der Waals surface area contributed by atoms with Crippen molar-refractivity contribution in [2.75, 3.05) is 25.1 Å². The van der Waals surface area contributed by atoms with Crippen LogP contribution in [0.3, 0.4) is 0 Å². The summed E-state index contributed by atoms with van der Waals surface area (Å²) in [5, 5.41) is 6.55. The molecule has 128 valence electrons. The highest BCUT2D eigenvalue weighted by molar-refractivity contribution is 14.0. The maximum Gasteiger partial charge on any atom is 0.191 e. The van der Waals surface area contributed by atoms with Crippen LogP contribution in [0.5, 0.6) is 0 Å². The lowest BCUT2D eigenvalue weighted by Crippen LogP contribution is -2.42. The highest BCUT2D eigenvalue weighted by Crippen LogP contribution is 2.06. The van der Waals surface area contributed by atoms with Crippen LogP contribution in [-0.4, -0.2) is 45.5 Å². The summed E-state index contributed by atoms with van der Waals surface area (Å²) in [6.07, 6.45) is 4.11. The average molecular weight is 433 g/mol. The molecule has 1 atom stereocenters. The van der Waals surface area contributed by atoms with Crippen LogP contribution in [0.1, 0.15) is 47.0 Å². The zero-order chi connectivity index (χ0) is 15.6. The SMILES string of the molecule is CCNC(=NCCCS(C)(=O)=O)NC(C)CCC(C)C.I. The zero-order valence-corrected chi connectivity index (χ0v) is 17.1. The van der Waals surface area contributed by atoms with Gasteiger partial charge in [-0.05, 0) is 39.0 Å². The lowest BCUT2D eigenvalue weighted by molar-refractivity contribution is 0.489. The molecule has 0 saturated heterocycles. The van der Waals surface area contributed by atoms with Gasteiger partial charge in [0, 0.05) is 25.4 Å². The number of halogens is 1. The molecule has 7 heteroatoms. The molecule has 0 radical (unpaired) electrons. The molecule has 2 N–H and O–H groups in total. The van der Waals surface area contributed by atoms with E-state index < -0.39 is 9.84 Å². The predicted octanol–water partition coefficient (Wildman–Crippen LogP) is 2.42. The second kappa shape index (κ2) is 12.5. The summed E-state index contributed by atoms with van der Waals surface area (Å²) in [6, 6.07) is 0.366. The minimum atomic E-state index is -2.89. The fraction of sp³-hybridized carbons (Fsp3) is 0.929. The molecule has 21 heavy (non-hydrogen) atoms. The Kier molecular flexibility index (Phi) is 13.8. The van der Waals surface area contributed by atoms with Crippen LogP contribution in [0, 0.1) is 5.92 Å². The van der Waals surface area contributed by atoms with Gasteiger partial charge in [0.2, 0.25) is 0 Å². The normalized spacial score (nSPS) is 13.7. The van der Waals surface area contributed by atoms with Gasteiger partial charge in [-0.25, -0.2) is 8.42 Å². The summed E-state index contributed by atoms with van der Waals surface area (Å²) in [5.41, 5.74) is 0. The standard InChI is InChI=1S/C14H31N3O2S.HI/c1-6-15-14(16-10-7-11-20(5,18)19)17-13(4)9-8-12(2)3;/h12-13H,6-11H2,1-5H3,(H2,15,16,17);1H. The molecule has 0 bridgehead atoms. The van der Waals surface area contributed by atoms with Crippen molar-refractivity contribution in [1.29, 1.82) is 0 Å². The van der Waals surface area contributed by atoms with Crippen molar-refractivity contribution in [2.24, 2.45) is 10.9 Å². The number of sulfone groups is 1. The van der Waals surface area contributed by atoms with E-state index in [1.807, 2.05) is 6.92 Å². The van der Waals surface area contributed by atoms with Crippen LogP contribution < -0.4 is 10.6 Å². The van der Waals surface area contributed by atoms with Gasteiger partial charge in [0.05, 0.1) is 5.75 Å². The number of aliphatic imine (C=N–C) groups is 1. The van der Waals surface area contributed by atoms with Crippen molar-refractivity contribution in [1.82, 2.24) is 10.6 Å². The largest absolute Gasteiger partial charge is 0.357 e. The molecule has 0 aromatic carbocycles. The van der Waals surface area contributed by atoms with E-state index >= 15 is 0 Å². The Hall–Kier alpha value is -0.0500. The summed E-state index contributed by atoms with van der Waals surface area (Å²) >= 11 is 0. The Morgan fingerprint density at radius 1 is 1.19 bits per heavy atom. The Bertz CT molecular complexity index is 384. The van der Waals surface area contributed by atoms with Crippen LogP contribution in [-0.2, 0) is 9.84 Å². The monoisotopic (exact) mass is 433 g/mol. The van der Waals surface area contributed by atoms with Crippen molar-refractivity contribution < 1.29 is 8.42 Å². The molecule has 0 saturated carbocycles. The van der Waals surface area contributed by atoms with Crippen LogP contribution in [0.2, 0.25) is 0 Å². The van der Waals surface area contributed by atoms with Gasteiger partial charge in [0.15, 0.2) is 5.96 Å². The third-order valence-electron chi connectivity index (χ3n) is 2.85. The van der Waals surface area contributed by atoms with E-state index in [1.165, 1.54) is 12.7 Å². The first-order chi connectivity index (χ1) is 9.24. The molecule has 0 amide bonds. The van der Waals surface area contributed by atoms with E-state index in [4.69, 9.17) is 0 Å². The van der Waals surface area contributed by atoms with Crippen molar-refractivity contribution >= 4 is 39.8 Å². The summed E-state index contributed by atoms with van der Waals surface area (Å²) in [6.45, 7) is 9.93. The molecule has 0 heterocycles. The molecule has 0 spiro atoms. The van der Waals surface area contributed by atoms with E-state index in [0.29, 0.717) is 24.9 Å². The Morgan fingerprint density at radius 3 is 2.29 bits per heavy atom. The van der Waals surface area contributed by atoms with Gasteiger partial charge in [0.25, 0.3) is 0 Å². The van der Waals surface area contributed by atoms with Gasteiger partial charge < -0.3 is 10.6 Å². The van der Waals surface area contributed by atoms with Crippen LogP contribution in [0.4, 0.5) is 0 Å². The molecule has 0 aliphatic heterocycles. The van der Waals surface area contributed by atoms with Gasteiger partial charge in [-0.3, -0.25) is 4.99 Å². The maximum absolute atomic E-state index is 11.0. The van der Waals surface area contributed by atoms with Crippen molar-refractivity contribution in [3.05, 3.63) is 0 Å². The molecule has 0 rings (SSSR count). The molecular formula is C14H32IN3O2S. The number of hydrogen-bond acceptors (Lipinski definition) is 3. The number of guanidine groups is 1. The van der Waals surface area contributed by atoms with Gasteiger partial charge >= 0.3 is 0 Å². The molecule has 5 nitrogen and oxygen atoms in total. The van der Waals surface area contributed by atoms with E-state index in [2.05, 4.69) is 36.4 Å². The van der Waals surface area contributed by atoms with Crippen LogP contribution in [0.25, 0.3) is 0 Å². The van der Waals surface area contributed by atoms with Gasteiger partial charge in [-0.2, -0.15) is 0 Å². The maximum atomic E-state index is 11.0. The summed E-state index contributed by atoms with van der Waals surface area (Å²) in [5.74, 6) is 1.67. The second-order valence-electron chi connectivity index (χ2n) is 5.76. The van der Waals surface area contributed by atoms with Crippen LogP contribution >= 0.6 is 24.0 Å². The van der Waals surface area contributed by atoms with E-state index in [-0.39, 0.29) is 29.7 Å². The number of nitrogens with zero attached hydrogens (tertiary/aromatic N) is 1. The number of hydrogen-bond donors (Lipinski definition) is 2. The molecule has 0 aromatic rings. The predicted molar refractivity (Wildman–Crippen MR) is 102 cm³/mol. The fourth-order valence-electron chi connectivity index (χ4n) is 1.73. The Balaban J connectivity index is 0. The minimum Gasteiger partial charge on any atom is -0.357 e. The highest BCUT2D eigenvalue weighted by Gasteiger charge is 2.06. The molecule has 1 unspecified atom stereocenters. The van der Waals surface area contributed by atoms with E-state index in [9.17, 15) is 8.42 Å². The lowest BCUT2D eigenvalue weighted by atomic mass is 10.0. The Labute approximate surface area is 147 Å². The summed E-state index contributed by atoms with van der Waals surface area (Å²) in [4.78, 5) is 4.41. The third-order valence-corrected chi connectivity index (χ3v) is 3.88.